The first-order valence-corrected chi connectivity index (χ1v) is 10.4. The van der Waals surface area contributed by atoms with Crippen molar-refractivity contribution in [1.29, 1.82) is 0 Å². The highest BCUT2D eigenvalue weighted by molar-refractivity contribution is 5.87. The number of aromatic nitrogens is 2. The minimum Gasteiger partial charge on any atom is -0.469 e. The largest absolute Gasteiger partial charge is 0.469 e. The Labute approximate surface area is 185 Å². The van der Waals surface area contributed by atoms with E-state index in [1.807, 2.05) is 42.3 Å². The van der Waals surface area contributed by atoms with E-state index >= 15 is 0 Å². The number of nitrogens with zero attached hydrogens (tertiary/aromatic N) is 3. The number of hydrogen-bond acceptors (Lipinski definition) is 5. The van der Waals surface area contributed by atoms with Gasteiger partial charge in [-0.3, -0.25) is 14.5 Å². The molecule has 2 aromatic carbocycles. The summed E-state index contributed by atoms with van der Waals surface area (Å²) in [4.78, 5) is 26.3. The molecular weight excluding hydrogens is 411 g/mol. The van der Waals surface area contributed by atoms with Gasteiger partial charge in [-0.15, -0.1) is 0 Å². The Morgan fingerprint density at radius 1 is 1.19 bits per heavy atom. The zero-order chi connectivity index (χ0) is 22.7. The molecule has 1 atom stereocenters. The van der Waals surface area contributed by atoms with Gasteiger partial charge in [0.25, 0.3) is 0 Å². The monoisotopic (exact) mass is 436 g/mol. The van der Waals surface area contributed by atoms with Crippen molar-refractivity contribution in [3.63, 3.8) is 0 Å². The zero-order valence-electron chi connectivity index (χ0n) is 18.0. The molecule has 7 nitrogen and oxygen atoms in total. The lowest BCUT2D eigenvalue weighted by Gasteiger charge is -2.34. The van der Waals surface area contributed by atoms with E-state index in [9.17, 15) is 14.0 Å². The van der Waals surface area contributed by atoms with E-state index in [0.717, 1.165) is 22.4 Å². The number of ether oxygens (including phenoxy) is 1. The summed E-state index contributed by atoms with van der Waals surface area (Å²) in [5, 5.41) is 7.59. The highest BCUT2D eigenvalue weighted by atomic mass is 19.1. The third-order valence-corrected chi connectivity index (χ3v) is 5.61. The fourth-order valence-electron chi connectivity index (χ4n) is 3.84. The van der Waals surface area contributed by atoms with Gasteiger partial charge in [0, 0.05) is 37.0 Å². The molecule has 1 aromatic heterocycles. The van der Waals surface area contributed by atoms with Crippen molar-refractivity contribution in [2.75, 3.05) is 20.2 Å². The molecule has 3 aromatic rings. The number of halogens is 1. The van der Waals surface area contributed by atoms with Crippen LogP contribution in [0.2, 0.25) is 0 Å². The molecular formula is C24H25FN4O3. The lowest BCUT2D eigenvalue weighted by Crippen LogP contribution is -2.55. The zero-order valence-corrected chi connectivity index (χ0v) is 18.0. The second kappa shape index (κ2) is 9.32. The summed E-state index contributed by atoms with van der Waals surface area (Å²) >= 11 is 0. The predicted molar refractivity (Wildman–Crippen MR) is 118 cm³/mol. The topological polar surface area (TPSA) is 76.5 Å². The molecule has 1 saturated heterocycles. The molecule has 166 valence electrons. The lowest BCUT2D eigenvalue weighted by molar-refractivity contribution is -0.146. The second-order valence-electron chi connectivity index (χ2n) is 7.85. The molecule has 0 aliphatic carbocycles. The number of hydrogen-bond donors (Lipinski definition) is 1. The Hall–Kier alpha value is -3.52. The minimum atomic E-state index is -0.625. The smallest absolute Gasteiger partial charge is 0.307 e. The molecule has 0 bridgehead atoms. The first-order valence-electron chi connectivity index (χ1n) is 10.4. The van der Waals surface area contributed by atoms with Crippen LogP contribution in [0.3, 0.4) is 0 Å². The Bertz CT molecular complexity index is 1110. The van der Waals surface area contributed by atoms with Crippen LogP contribution in [0.4, 0.5) is 4.39 Å². The SMILES string of the molecule is COC(=O)C[C@@H]1C(=O)NCCN1Cc1cn(-c2ccc(C)cc2)nc1-c1ccc(F)cc1. The van der Waals surface area contributed by atoms with Crippen LogP contribution < -0.4 is 5.32 Å². The van der Waals surface area contributed by atoms with Crippen LogP contribution in [0.1, 0.15) is 17.5 Å². The molecule has 2 heterocycles. The van der Waals surface area contributed by atoms with Crippen LogP contribution in [-0.4, -0.2) is 52.8 Å². The number of nitrogens with one attached hydrogen (secondary N) is 1. The van der Waals surface area contributed by atoms with Gasteiger partial charge >= 0.3 is 5.97 Å². The molecule has 1 amide bonds. The van der Waals surface area contributed by atoms with E-state index in [1.165, 1.54) is 19.2 Å². The van der Waals surface area contributed by atoms with Crippen molar-refractivity contribution in [3.8, 4) is 16.9 Å². The molecule has 1 aliphatic rings. The average Bonchev–Trinajstić information content (AvgIpc) is 3.20. The molecule has 0 radical (unpaired) electrons. The maximum absolute atomic E-state index is 13.5. The van der Waals surface area contributed by atoms with Crippen LogP contribution >= 0.6 is 0 Å². The standard InChI is InChI=1S/C24H25FN4O3/c1-16-3-9-20(10-4-16)29-15-18(23(27-29)17-5-7-19(25)8-6-17)14-28-12-11-26-24(31)21(28)13-22(30)32-2/h3-10,15,21H,11-14H2,1-2H3,(H,26,31)/t21-/m1/s1. The van der Waals surface area contributed by atoms with Gasteiger partial charge in [0.05, 0.1) is 24.9 Å². The molecule has 1 fully saturated rings. The summed E-state index contributed by atoms with van der Waals surface area (Å²) in [6.45, 7) is 3.51. The van der Waals surface area contributed by atoms with E-state index in [4.69, 9.17) is 9.84 Å². The summed E-state index contributed by atoms with van der Waals surface area (Å²) in [6, 6.07) is 13.5. The van der Waals surface area contributed by atoms with Gasteiger partial charge in [0.15, 0.2) is 0 Å². The summed E-state index contributed by atoms with van der Waals surface area (Å²) in [5.41, 5.74) is 4.39. The van der Waals surface area contributed by atoms with E-state index in [2.05, 4.69) is 5.32 Å². The number of carbonyl (C=O) groups excluding carboxylic acids is 2. The van der Waals surface area contributed by atoms with Crippen molar-refractivity contribution >= 4 is 11.9 Å². The summed E-state index contributed by atoms with van der Waals surface area (Å²) in [7, 11) is 1.31. The van der Waals surface area contributed by atoms with Crippen molar-refractivity contribution in [3.05, 3.63) is 71.7 Å². The van der Waals surface area contributed by atoms with Crippen LogP contribution in [0.5, 0.6) is 0 Å². The van der Waals surface area contributed by atoms with Gasteiger partial charge < -0.3 is 10.1 Å². The Morgan fingerprint density at radius 2 is 1.91 bits per heavy atom. The highest BCUT2D eigenvalue weighted by Gasteiger charge is 2.32. The van der Waals surface area contributed by atoms with E-state index < -0.39 is 12.0 Å². The van der Waals surface area contributed by atoms with E-state index in [1.54, 1.807) is 16.8 Å². The number of piperazine rings is 1. The van der Waals surface area contributed by atoms with Gasteiger partial charge in [-0.25, -0.2) is 9.07 Å². The molecule has 0 saturated carbocycles. The molecule has 8 heteroatoms. The summed E-state index contributed by atoms with van der Waals surface area (Å²) in [5.74, 6) is -0.957. The summed E-state index contributed by atoms with van der Waals surface area (Å²) in [6.07, 6.45) is 1.89. The Kier molecular flexibility index (Phi) is 6.32. The predicted octanol–water partition coefficient (Wildman–Crippen LogP) is 2.85. The third kappa shape index (κ3) is 4.70. The number of amides is 1. The van der Waals surface area contributed by atoms with Crippen LogP contribution in [-0.2, 0) is 20.9 Å². The molecule has 1 N–H and O–H groups in total. The van der Waals surface area contributed by atoms with E-state index in [-0.39, 0.29) is 18.1 Å². The third-order valence-electron chi connectivity index (χ3n) is 5.61. The first kappa shape index (κ1) is 21.7. The van der Waals surface area contributed by atoms with Crippen molar-refractivity contribution < 1.29 is 18.7 Å². The fourth-order valence-corrected chi connectivity index (χ4v) is 3.84. The van der Waals surface area contributed by atoms with Crippen LogP contribution in [0.15, 0.2) is 54.7 Å². The maximum Gasteiger partial charge on any atom is 0.307 e. The van der Waals surface area contributed by atoms with E-state index in [0.29, 0.717) is 25.3 Å². The minimum absolute atomic E-state index is 0.0275. The first-order chi connectivity index (χ1) is 15.4. The van der Waals surface area contributed by atoms with Gasteiger partial charge in [-0.05, 0) is 43.3 Å². The number of esters is 1. The van der Waals surface area contributed by atoms with Gasteiger partial charge in [0.2, 0.25) is 5.91 Å². The van der Waals surface area contributed by atoms with Crippen molar-refractivity contribution in [2.45, 2.75) is 25.9 Å². The normalized spacial score (nSPS) is 16.6. The number of rotatable bonds is 6. The maximum atomic E-state index is 13.5. The average molecular weight is 436 g/mol. The molecule has 0 spiro atoms. The summed E-state index contributed by atoms with van der Waals surface area (Å²) < 4.78 is 20.1. The molecule has 0 unspecified atom stereocenters. The Morgan fingerprint density at radius 3 is 2.59 bits per heavy atom. The van der Waals surface area contributed by atoms with Gasteiger partial charge in [-0.2, -0.15) is 5.10 Å². The second-order valence-corrected chi connectivity index (χ2v) is 7.85. The van der Waals surface area contributed by atoms with Crippen molar-refractivity contribution in [1.82, 2.24) is 20.0 Å². The number of aryl methyl sites for hydroxylation is 1. The molecule has 4 rings (SSSR count). The molecule has 32 heavy (non-hydrogen) atoms. The Balaban J connectivity index is 1.70. The number of methoxy groups -OCH3 is 1. The van der Waals surface area contributed by atoms with Gasteiger partial charge in [0.1, 0.15) is 11.9 Å². The number of benzene rings is 2. The number of carbonyl (C=O) groups is 2. The highest BCUT2D eigenvalue weighted by Crippen LogP contribution is 2.27. The van der Waals surface area contributed by atoms with Gasteiger partial charge in [-0.1, -0.05) is 17.7 Å². The fraction of sp³-hybridized carbons (Fsp3) is 0.292. The van der Waals surface area contributed by atoms with Crippen LogP contribution in [0, 0.1) is 12.7 Å². The molecule has 1 aliphatic heterocycles. The quantitative estimate of drug-likeness (QED) is 0.602. The van der Waals surface area contributed by atoms with Crippen molar-refractivity contribution in [2.24, 2.45) is 0 Å². The lowest BCUT2D eigenvalue weighted by atomic mass is 10.0. The van der Waals surface area contributed by atoms with Crippen LogP contribution in [0.25, 0.3) is 16.9 Å².